The highest BCUT2D eigenvalue weighted by molar-refractivity contribution is 7.84. The van der Waals surface area contributed by atoms with Crippen molar-refractivity contribution in [3.05, 3.63) is 41.3 Å². The number of nitrogens with zero attached hydrogens (tertiary/aromatic N) is 1. The second-order valence-electron chi connectivity index (χ2n) is 5.28. The third kappa shape index (κ3) is 4.19. The van der Waals surface area contributed by atoms with Gasteiger partial charge in [0.25, 0.3) is 0 Å². The number of amides is 2. The molecule has 0 spiro atoms. The molecule has 0 aliphatic heterocycles. The second kappa shape index (κ2) is 7.41. The number of urea groups is 1. The molecule has 0 aliphatic carbocycles. The van der Waals surface area contributed by atoms with E-state index in [2.05, 4.69) is 15.8 Å². The summed E-state index contributed by atoms with van der Waals surface area (Å²) < 4.78 is 16.7. The summed E-state index contributed by atoms with van der Waals surface area (Å²) in [6.45, 7) is 5.67. The lowest BCUT2D eigenvalue weighted by atomic mass is 10.0. The van der Waals surface area contributed by atoms with Crippen LogP contribution in [-0.4, -0.2) is 21.7 Å². The third-order valence-corrected chi connectivity index (χ3v) is 4.49. The number of aromatic nitrogens is 1. The van der Waals surface area contributed by atoms with Crippen LogP contribution in [0.5, 0.6) is 0 Å². The van der Waals surface area contributed by atoms with Crippen LogP contribution in [0.3, 0.4) is 0 Å². The fourth-order valence-corrected chi connectivity index (χ4v) is 3.01. The average Bonchev–Trinajstić information content (AvgIpc) is 2.84. The molecule has 0 fully saturated rings. The van der Waals surface area contributed by atoms with Crippen LogP contribution < -0.4 is 10.6 Å². The standard InChI is InChI=1S/C16H21N3O3S/c1-5-14(15-10(2)19-22-11(15)3)18-16(20)17-12-7-6-8-13(9-12)23(4)21/h6-9,14H,5H2,1-4H3,(H2,17,18,20)/t14-,23-/m0/s1. The maximum absolute atomic E-state index is 12.2. The number of nitrogens with one attached hydrogen (secondary N) is 2. The van der Waals surface area contributed by atoms with E-state index in [0.29, 0.717) is 16.3 Å². The van der Waals surface area contributed by atoms with E-state index in [4.69, 9.17) is 4.52 Å². The second-order valence-corrected chi connectivity index (χ2v) is 6.66. The van der Waals surface area contributed by atoms with Crippen molar-refractivity contribution in [1.29, 1.82) is 0 Å². The lowest BCUT2D eigenvalue weighted by Gasteiger charge is -2.17. The van der Waals surface area contributed by atoms with Crippen molar-refractivity contribution in [3.8, 4) is 0 Å². The van der Waals surface area contributed by atoms with E-state index >= 15 is 0 Å². The Morgan fingerprint density at radius 1 is 1.39 bits per heavy atom. The molecule has 7 heteroatoms. The number of carbonyl (C=O) groups is 1. The van der Waals surface area contributed by atoms with Crippen LogP contribution in [0.1, 0.15) is 36.4 Å². The molecule has 124 valence electrons. The van der Waals surface area contributed by atoms with Crippen LogP contribution in [0.4, 0.5) is 10.5 Å². The monoisotopic (exact) mass is 335 g/mol. The number of rotatable bonds is 5. The first-order valence-electron chi connectivity index (χ1n) is 7.36. The average molecular weight is 335 g/mol. The summed E-state index contributed by atoms with van der Waals surface area (Å²) in [5, 5.41) is 9.62. The maximum Gasteiger partial charge on any atom is 0.319 e. The van der Waals surface area contributed by atoms with Gasteiger partial charge in [-0.3, -0.25) is 4.21 Å². The van der Waals surface area contributed by atoms with Crippen molar-refractivity contribution in [2.45, 2.75) is 38.1 Å². The molecule has 0 radical (unpaired) electrons. The summed E-state index contributed by atoms with van der Waals surface area (Å²) in [4.78, 5) is 12.9. The van der Waals surface area contributed by atoms with Crippen molar-refractivity contribution in [3.63, 3.8) is 0 Å². The molecule has 1 aromatic heterocycles. The Labute approximate surface area is 138 Å². The van der Waals surface area contributed by atoms with Crippen LogP contribution in [0.15, 0.2) is 33.7 Å². The predicted molar refractivity (Wildman–Crippen MR) is 89.9 cm³/mol. The van der Waals surface area contributed by atoms with E-state index in [1.165, 1.54) is 0 Å². The first-order chi connectivity index (χ1) is 10.9. The van der Waals surface area contributed by atoms with Crippen molar-refractivity contribution in [2.24, 2.45) is 0 Å². The molecule has 2 amide bonds. The summed E-state index contributed by atoms with van der Waals surface area (Å²) in [6, 6.07) is 6.48. The quantitative estimate of drug-likeness (QED) is 0.878. The first-order valence-corrected chi connectivity index (χ1v) is 8.92. The van der Waals surface area contributed by atoms with Gasteiger partial charge >= 0.3 is 6.03 Å². The number of hydrogen-bond donors (Lipinski definition) is 2. The molecule has 6 nitrogen and oxygen atoms in total. The van der Waals surface area contributed by atoms with Crippen molar-refractivity contribution in [2.75, 3.05) is 11.6 Å². The van der Waals surface area contributed by atoms with Crippen LogP contribution in [0, 0.1) is 13.8 Å². The first kappa shape index (κ1) is 17.2. The zero-order chi connectivity index (χ0) is 17.0. The van der Waals surface area contributed by atoms with E-state index in [1.807, 2.05) is 20.8 Å². The number of aryl methyl sites for hydroxylation is 2. The Morgan fingerprint density at radius 3 is 2.70 bits per heavy atom. The fourth-order valence-electron chi connectivity index (χ4n) is 2.44. The number of carbonyl (C=O) groups excluding carboxylic acids is 1. The summed E-state index contributed by atoms with van der Waals surface area (Å²) >= 11 is 0. The SMILES string of the molecule is CC[C@H](NC(=O)Nc1cccc([S@](C)=O)c1)c1c(C)noc1C. The molecule has 0 aliphatic rings. The summed E-state index contributed by atoms with van der Waals surface area (Å²) in [5.74, 6) is 0.707. The van der Waals surface area contributed by atoms with Gasteiger partial charge in [-0.15, -0.1) is 0 Å². The molecule has 0 saturated carbocycles. The fraction of sp³-hybridized carbons (Fsp3) is 0.375. The van der Waals surface area contributed by atoms with Gasteiger partial charge in [0.15, 0.2) is 0 Å². The van der Waals surface area contributed by atoms with Gasteiger partial charge < -0.3 is 15.2 Å². The minimum atomic E-state index is -1.09. The molecule has 1 aromatic carbocycles. The molecule has 2 aromatic rings. The number of anilines is 1. The van der Waals surface area contributed by atoms with Gasteiger partial charge in [-0.2, -0.15) is 0 Å². The van der Waals surface area contributed by atoms with Gasteiger partial charge in [0, 0.05) is 33.2 Å². The molecule has 0 saturated heterocycles. The maximum atomic E-state index is 12.2. The lowest BCUT2D eigenvalue weighted by Crippen LogP contribution is -2.32. The van der Waals surface area contributed by atoms with Crippen LogP contribution >= 0.6 is 0 Å². The minimum absolute atomic E-state index is 0.176. The third-order valence-electron chi connectivity index (χ3n) is 3.57. The summed E-state index contributed by atoms with van der Waals surface area (Å²) in [6.07, 6.45) is 2.32. The zero-order valence-electron chi connectivity index (χ0n) is 13.7. The molecule has 23 heavy (non-hydrogen) atoms. The number of benzene rings is 1. The smallest absolute Gasteiger partial charge is 0.319 e. The van der Waals surface area contributed by atoms with Gasteiger partial charge in [-0.1, -0.05) is 18.1 Å². The molecule has 0 bridgehead atoms. The molecular weight excluding hydrogens is 314 g/mol. The number of hydrogen-bond acceptors (Lipinski definition) is 4. The normalized spacial score (nSPS) is 13.4. The molecule has 0 unspecified atom stereocenters. The Hall–Kier alpha value is -2.15. The highest BCUT2D eigenvalue weighted by Crippen LogP contribution is 2.24. The van der Waals surface area contributed by atoms with Crippen LogP contribution in [-0.2, 0) is 10.8 Å². The highest BCUT2D eigenvalue weighted by Gasteiger charge is 2.20. The minimum Gasteiger partial charge on any atom is -0.361 e. The highest BCUT2D eigenvalue weighted by atomic mass is 32.2. The molecule has 2 atom stereocenters. The molecule has 2 N–H and O–H groups in total. The van der Waals surface area contributed by atoms with E-state index < -0.39 is 10.8 Å². The van der Waals surface area contributed by atoms with Gasteiger partial charge in [-0.05, 0) is 38.5 Å². The van der Waals surface area contributed by atoms with Crippen molar-refractivity contribution in [1.82, 2.24) is 10.5 Å². The predicted octanol–water partition coefficient (Wildman–Crippen LogP) is 3.30. The lowest BCUT2D eigenvalue weighted by molar-refractivity contribution is 0.248. The summed E-state index contributed by atoms with van der Waals surface area (Å²) in [7, 11) is -1.09. The zero-order valence-corrected chi connectivity index (χ0v) is 14.5. The van der Waals surface area contributed by atoms with Gasteiger partial charge in [0.2, 0.25) is 0 Å². The van der Waals surface area contributed by atoms with Gasteiger partial charge in [-0.25, -0.2) is 4.79 Å². The topological polar surface area (TPSA) is 84.2 Å². The van der Waals surface area contributed by atoms with Crippen LogP contribution in [0.25, 0.3) is 0 Å². The Morgan fingerprint density at radius 2 is 2.13 bits per heavy atom. The Bertz CT molecular complexity index is 708. The van der Waals surface area contributed by atoms with Gasteiger partial charge in [0.05, 0.1) is 11.7 Å². The van der Waals surface area contributed by atoms with E-state index in [0.717, 1.165) is 17.7 Å². The van der Waals surface area contributed by atoms with E-state index in [9.17, 15) is 9.00 Å². The Kier molecular flexibility index (Phi) is 5.54. The van der Waals surface area contributed by atoms with E-state index in [-0.39, 0.29) is 12.1 Å². The van der Waals surface area contributed by atoms with Crippen molar-refractivity contribution < 1.29 is 13.5 Å². The molecule has 2 rings (SSSR count). The van der Waals surface area contributed by atoms with E-state index in [1.54, 1.807) is 30.5 Å². The Balaban J connectivity index is 2.09. The van der Waals surface area contributed by atoms with Gasteiger partial charge in [0.1, 0.15) is 5.76 Å². The summed E-state index contributed by atoms with van der Waals surface area (Å²) in [5.41, 5.74) is 2.29. The molecular formula is C16H21N3O3S. The largest absolute Gasteiger partial charge is 0.361 e. The molecule has 1 heterocycles. The van der Waals surface area contributed by atoms with Crippen LogP contribution in [0.2, 0.25) is 0 Å². The van der Waals surface area contributed by atoms with Crippen molar-refractivity contribution >= 4 is 22.5 Å².